The SMILES string of the molecule is COc1ccc(C(C)N(C)CC(=O)NCCOc2ccc(Cl)cc2)cc1. The summed E-state index contributed by atoms with van der Waals surface area (Å²) in [6.45, 7) is 3.24. The number of carbonyl (C=O) groups excluding carboxylic acids is 1. The maximum Gasteiger partial charge on any atom is 0.234 e. The minimum atomic E-state index is -0.0347. The molecule has 1 N–H and O–H groups in total. The minimum Gasteiger partial charge on any atom is -0.497 e. The Bertz CT molecular complexity index is 689. The van der Waals surface area contributed by atoms with Crippen LogP contribution >= 0.6 is 11.6 Å². The molecule has 26 heavy (non-hydrogen) atoms. The van der Waals surface area contributed by atoms with Gasteiger partial charge >= 0.3 is 0 Å². The highest BCUT2D eigenvalue weighted by Crippen LogP contribution is 2.21. The average molecular weight is 377 g/mol. The van der Waals surface area contributed by atoms with E-state index in [-0.39, 0.29) is 11.9 Å². The predicted molar refractivity (Wildman–Crippen MR) is 104 cm³/mol. The molecular formula is C20H25ClN2O3. The first-order valence-electron chi connectivity index (χ1n) is 8.49. The zero-order valence-electron chi connectivity index (χ0n) is 15.4. The van der Waals surface area contributed by atoms with E-state index < -0.39 is 0 Å². The Kier molecular flexibility index (Phi) is 7.75. The maximum atomic E-state index is 12.1. The summed E-state index contributed by atoms with van der Waals surface area (Å²) in [4.78, 5) is 14.1. The molecule has 0 saturated carbocycles. The summed E-state index contributed by atoms with van der Waals surface area (Å²) in [6, 6.07) is 15.1. The average Bonchev–Trinajstić information content (AvgIpc) is 2.66. The van der Waals surface area contributed by atoms with E-state index in [1.807, 2.05) is 36.2 Å². The van der Waals surface area contributed by atoms with Crippen LogP contribution in [0, 0.1) is 0 Å². The molecule has 0 fully saturated rings. The third kappa shape index (κ3) is 6.24. The molecule has 2 aromatic carbocycles. The van der Waals surface area contributed by atoms with Gasteiger partial charge in [0.05, 0.1) is 20.2 Å². The predicted octanol–water partition coefficient (Wildman–Crippen LogP) is 3.54. The Hall–Kier alpha value is -2.24. The van der Waals surface area contributed by atoms with Gasteiger partial charge in [-0.25, -0.2) is 0 Å². The van der Waals surface area contributed by atoms with Gasteiger partial charge in [-0.3, -0.25) is 9.69 Å². The van der Waals surface area contributed by atoms with Crippen molar-refractivity contribution in [1.29, 1.82) is 0 Å². The van der Waals surface area contributed by atoms with Gasteiger partial charge in [0.1, 0.15) is 18.1 Å². The lowest BCUT2D eigenvalue weighted by molar-refractivity contribution is -0.122. The van der Waals surface area contributed by atoms with E-state index in [1.54, 1.807) is 31.4 Å². The fourth-order valence-corrected chi connectivity index (χ4v) is 2.57. The van der Waals surface area contributed by atoms with Crippen molar-refractivity contribution in [3.63, 3.8) is 0 Å². The number of nitrogens with zero attached hydrogens (tertiary/aromatic N) is 1. The van der Waals surface area contributed by atoms with Gasteiger partial charge in [-0.15, -0.1) is 0 Å². The standard InChI is InChI=1S/C20H25ClN2O3/c1-15(16-4-8-18(25-3)9-5-16)23(2)14-20(24)22-12-13-26-19-10-6-17(21)7-11-19/h4-11,15H,12-14H2,1-3H3,(H,22,24). The number of benzene rings is 2. The fourth-order valence-electron chi connectivity index (χ4n) is 2.45. The summed E-state index contributed by atoms with van der Waals surface area (Å²) < 4.78 is 10.7. The molecule has 0 spiro atoms. The third-order valence-corrected chi connectivity index (χ3v) is 4.41. The molecule has 0 heterocycles. The van der Waals surface area contributed by atoms with Crippen LogP contribution < -0.4 is 14.8 Å². The first-order chi connectivity index (χ1) is 12.5. The van der Waals surface area contributed by atoms with Crippen LogP contribution in [0.3, 0.4) is 0 Å². The van der Waals surface area contributed by atoms with Crippen LogP contribution in [0.15, 0.2) is 48.5 Å². The zero-order valence-corrected chi connectivity index (χ0v) is 16.1. The van der Waals surface area contributed by atoms with Crippen LogP contribution in [-0.2, 0) is 4.79 Å². The van der Waals surface area contributed by atoms with Crippen molar-refractivity contribution in [3.05, 3.63) is 59.1 Å². The number of methoxy groups -OCH3 is 1. The van der Waals surface area contributed by atoms with Crippen LogP contribution in [-0.4, -0.2) is 44.7 Å². The molecule has 1 unspecified atom stereocenters. The molecule has 0 aliphatic rings. The van der Waals surface area contributed by atoms with E-state index in [2.05, 4.69) is 12.2 Å². The molecule has 5 nitrogen and oxygen atoms in total. The molecule has 1 amide bonds. The van der Waals surface area contributed by atoms with Gasteiger partial charge in [0.25, 0.3) is 0 Å². The first kappa shape index (κ1) is 20.1. The molecule has 1 atom stereocenters. The lowest BCUT2D eigenvalue weighted by atomic mass is 10.1. The first-order valence-corrected chi connectivity index (χ1v) is 8.86. The van der Waals surface area contributed by atoms with E-state index in [0.717, 1.165) is 17.1 Å². The Morgan fingerprint density at radius 3 is 2.35 bits per heavy atom. The van der Waals surface area contributed by atoms with Crippen LogP contribution in [0.1, 0.15) is 18.5 Å². The Morgan fingerprint density at radius 2 is 1.73 bits per heavy atom. The normalized spacial score (nSPS) is 11.9. The summed E-state index contributed by atoms with van der Waals surface area (Å²) in [7, 11) is 3.57. The number of halogens is 1. The minimum absolute atomic E-state index is 0.0347. The van der Waals surface area contributed by atoms with E-state index in [9.17, 15) is 4.79 Å². The quantitative estimate of drug-likeness (QED) is 0.680. The third-order valence-electron chi connectivity index (χ3n) is 4.16. The molecule has 0 bridgehead atoms. The molecule has 2 rings (SSSR count). The number of hydrogen-bond donors (Lipinski definition) is 1. The number of nitrogens with one attached hydrogen (secondary N) is 1. The number of hydrogen-bond acceptors (Lipinski definition) is 4. The van der Waals surface area contributed by atoms with E-state index in [1.165, 1.54) is 0 Å². The largest absolute Gasteiger partial charge is 0.497 e. The molecule has 0 radical (unpaired) electrons. The highest BCUT2D eigenvalue weighted by atomic mass is 35.5. The second kappa shape index (κ2) is 10.0. The van der Waals surface area contributed by atoms with Gasteiger partial charge in [0.15, 0.2) is 0 Å². The van der Waals surface area contributed by atoms with Crippen molar-refractivity contribution in [2.45, 2.75) is 13.0 Å². The van der Waals surface area contributed by atoms with Crippen LogP contribution in [0.25, 0.3) is 0 Å². The second-order valence-electron chi connectivity index (χ2n) is 6.02. The summed E-state index contributed by atoms with van der Waals surface area (Å²) in [5, 5.41) is 3.53. The van der Waals surface area contributed by atoms with E-state index in [4.69, 9.17) is 21.1 Å². The van der Waals surface area contributed by atoms with Crippen LogP contribution in [0.5, 0.6) is 11.5 Å². The van der Waals surface area contributed by atoms with E-state index >= 15 is 0 Å². The van der Waals surface area contributed by atoms with Crippen molar-refractivity contribution in [2.75, 3.05) is 33.9 Å². The summed E-state index contributed by atoms with van der Waals surface area (Å²) in [5.74, 6) is 1.52. The van der Waals surface area contributed by atoms with Crippen molar-refractivity contribution >= 4 is 17.5 Å². The van der Waals surface area contributed by atoms with Crippen molar-refractivity contribution < 1.29 is 14.3 Å². The highest BCUT2D eigenvalue weighted by molar-refractivity contribution is 6.30. The lowest BCUT2D eigenvalue weighted by Gasteiger charge is -2.24. The van der Waals surface area contributed by atoms with Gasteiger partial charge < -0.3 is 14.8 Å². The molecule has 140 valence electrons. The molecular weight excluding hydrogens is 352 g/mol. The summed E-state index contributed by atoms with van der Waals surface area (Å²) >= 11 is 5.82. The summed E-state index contributed by atoms with van der Waals surface area (Å²) in [6.07, 6.45) is 0. The topological polar surface area (TPSA) is 50.8 Å². The van der Waals surface area contributed by atoms with Crippen molar-refractivity contribution in [3.8, 4) is 11.5 Å². The number of carbonyl (C=O) groups is 1. The lowest BCUT2D eigenvalue weighted by Crippen LogP contribution is -2.38. The number of likely N-dealkylation sites (N-methyl/N-ethyl adjacent to an activating group) is 1. The van der Waals surface area contributed by atoms with Crippen LogP contribution in [0.2, 0.25) is 5.02 Å². The zero-order chi connectivity index (χ0) is 18.9. The number of amides is 1. The van der Waals surface area contributed by atoms with Crippen LogP contribution in [0.4, 0.5) is 0 Å². The Labute approximate surface area is 159 Å². The summed E-state index contributed by atoms with van der Waals surface area (Å²) in [5.41, 5.74) is 1.13. The van der Waals surface area contributed by atoms with Gasteiger partial charge in [-0.05, 0) is 55.9 Å². The fraction of sp³-hybridized carbons (Fsp3) is 0.350. The Morgan fingerprint density at radius 1 is 1.12 bits per heavy atom. The van der Waals surface area contributed by atoms with Gasteiger partial charge in [0.2, 0.25) is 5.91 Å². The highest BCUT2D eigenvalue weighted by Gasteiger charge is 2.14. The Balaban J connectivity index is 1.71. The molecule has 0 saturated heterocycles. The smallest absolute Gasteiger partial charge is 0.234 e. The second-order valence-corrected chi connectivity index (χ2v) is 6.45. The van der Waals surface area contributed by atoms with Crippen molar-refractivity contribution in [1.82, 2.24) is 10.2 Å². The van der Waals surface area contributed by atoms with Gasteiger partial charge in [0, 0.05) is 11.1 Å². The maximum absolute atomic E-state index is 12.1. The molecule has 0 aliphatic heterocycles. The molecule has 0 aliphatic carbocycles. The van der Waals surface area contributed by atoms with Gasteiger partial charge in [-0.2, -0.15) is 0 Å². The molecule has 0 aromatic heterocycles. The molecule has 6 heteroatoms. The monoisotopic (exact) mass is 376 g/mol. The number of rotatable bonds is 9. The molecule has 2 aromatic rings. The van der Waals surface area contributed by atoms with E-state index in [0.29, 0.717) is 24.7 Å². The number of ether oxygens (including phenoxy) is 2. The van der Waals surface area contributed by atoms with Crippen molar-refractivity contribution in [2.24, 2.45) is 0 Å². The van der Waals surface area contributed by atoms with Gasteiger partial charge in [-0.1, -0.05) is 23.7 Å².